The monoisotopic (exact) mass is 264 g/mol. The van der Waals surface area contributed by atoms with E-state index in [1.807, 2.05) is 0 Å². The Balaban J connectivity index is 2.10. The van der Waals surface area contributed by atoms with Crippen LogP contribution in [0.15, 0.2) is 18.2 Å². The highest BCUT2D eigenvalue weighted by Gasteiger charge is 2.24. The zero-order valence-corrected chi connectivity index (χ0v) is 11.0. The molecule has 5 heteroatoms. The minimum absolute atomic E-state index is 0.0267. The first kappa shape index (κ1) is 12.8. The lowest BCUT2D eigenvalue weighted by molar-refractivity contribution is -0.116. The van der Waals surface area contributed by atoms with Crippen LogP contribution in [0.4, 0.5) is 5.69 Å². The first-order valence-electron chi connectivity index (χ1n) is 5.88. The molecule has 1 aliphatic carbocycles. The number of amides is 1. The number of carbonyl (C=O) groups excluding carboxylic acids is 1. The summed E-state index contributed by atoms with van der Waals surface area (Å²) in [6.45, 7) is 0. The molecule has 1 amide bonds. The van der Waals surface area contributed by atoms with Gasteiger partial charge in [0.15, 0.2) is 0 Å². The standard InChI is InChI=1S/C13H16N2O2S/c1-17-11-7-9(13(14)18)4-5-10(11)15-12(16)6-8-2-3-8/h4-5,7-8H,2-3,6H2,1H3,(H2,14,18)(H,15,16). The van der Waals surface area contributed by atoms with Crippen LogP contribution in [0.25, 0.3) is 0 Å². The molecule has 0 atom stereocenters. The van der Waals surface area contributed by atoms with Crippen molar-refractivity contribution < 1.29 is 9.53 Å². The number of ether oxygens (including phenoxy) is 1. The highest BCUT2D eigenvalue weighted by Crippen LogP contribution is 2.33. The number of hydrogen-bond donors (Lipinski definition) is 2. The predicted octanol–water partition coefficient (Wildman–Crippen LogP) is 2.07. The Morgan fingerprint density at radius 2 is 2.28 bits per heavy atom. The molecule has 0 aliphatic heterocycles. The summed E-state index contributed by atoms with van der Waals surface area (Å²) in [4.78, 5) is 12.0. The van der Waals surface area contributed by atoms with Gasteiger partial charge in [-0.2, -0.15) is 0 Å². The average molecular weight is 264 g/mol. The first-order chi connectivity index (χ1) is 8.60. The molecule has 1 aromatic carbocycles. The molecule has 0 spiro atoms. The Bertz CT molecular complexity index is 484. The van der Waals surface area contributed by atoms with Crippen LogP contribution in [-0.2, 0) is 4.79 Å². The van der Waals surface area contributed by atoms with E-state index >= 15 is 0 Å². The number of anilines is 1. The molecule has 0 heterocycles. The minimum atomic E-state index is 0.0267. The fraction of sp³-hybridized carbons (Fsp3) is 0.385. The van der Waals surface area contributed by atoms with Gasteiger partial charge in [0.1, 0.15) is 10.7 Å². The molecule has 3 N–H and O–H groups in total. The van der Waals surface area contributed by atoms with Crippen LogP contribution in [0, 0.1) is 5.92 Å². The maximum Gasteiger partial charge on any atom is 0.224 e. The van der Waals surface area contributed by atoms with Gasteiger partial charge in [-0.25, -0.2) is 0 Å². The lowest BCUT2D eigenvalue weighted by Crippen LogP contribution is -2.14. The second-order valence-corrected chi connectivity index (χ2v) is 4.91. The highest BCUT2D eigenvalue weighted by molar-refractivity contribution is 7.80. The summed E-state index contributed by atoms with van der Waals surface area (Å²) in [5.41, 5.74) is 6.93. The Labute approximate surface area is 112 Å². The second kappa shape index (κ2) is 5.35. The van der Waals surface area contributed by atoms with Gasteiger partial charge in [0.25, 0.3) is 0 Å². The molecule has 4 nitrogen and oxygen atoms in total. The van der Waals surface area contributed by atoms with E-state index in [9.17, 15) is 4.79 Å². The maximum absolute atomic E-state index is 11.7. The largest absolute Gasteiger partial charge is 0.495 e. The van der Waals surface area contributed by atoms with Gasteiger partial charge in [0.05, 0.1) is 12.8 Å². The van der Waals surface area contributed by atoms with Crippen molar-refractivity contribution in [1.29, 1.82) is 0 Å². The molecule has 1 fully saturated rings. The number of benzene rings is 1. The van der Waals surface area contributed by atoms with Crippen LogP contribution >= 0.6 is 12.2 Å². The van der Waals surface area contributed by atoms with E-state index in [0.29, 0.717) is 28.8 Å². The molecule has 96 valence electrons. The first-order valence-corrected chi connectivity index (χ1v) is 6.28. The van der Waals surface area contributed by atoms with Gasteiger partial charge in [-0.1, -0.05) is 12.2 Å². The third-order valence-corrected chi connectivity index (χ3v) is 3.17. The molecule has 1 aliphatic rings. The summed E-state index contributed by atoms with van der Waals surface area (Å²) in [5.74, 6) is 1.16. The van der Waals surface area contributed by atoms with E-state index in [1.54, 1.807) is 25.3 Å². The molecular formula is C13H16N2O2S. The lowest BCUT2D eigenvalue weighted by atomic mass is 10.1. The van der Waals surface area contributed by atoms with Gasteiger partial charge in [0, 0.05) is 12.0 Å². The van der Waals surface area contributed by atoms with Gasteiger partial charge in [-0.05, 0) is 37.0 Å². The van der Waals surface area contributed by atoms with Gasteiger partial charge >= 0.3 is 0 Å². The number of nitrogens with one attached hydrogen (secondary N) is 1. The Hall–Kier alpha value is -1.62. The molecule has 2 rings (SSSR count). The quantitative estimate of drug-likeness (QED) is 0.799. The van der Waals surface area contributed by atoms with E-state index in [4.69, 9.17) is 22.7 Å². The topological polar surface area (TPSA) is 64.3 Å². The Kier molecular flexibility index (Phi) is 3.81. The molecular weight excluding hydrogens is 248 g/mol. The number of rotatable bonds is 5. The van der Waals surface area contributed by atoms with Crippen LogP contribution < -0.4 is 15.8 Å². The number of thiocarbonyl (C=S) groups is 1. The third-order valence-electron chi connectivity index (χ3n) is 2.93. The van der Waals surface area contributed by atoms with Crippen LogP contribution in [0.1, 0.15) is 24.8 Å². The van der Waals surface area contributed by atoms with Crippen molar-refractivity contribution in [2.45, 2.75) is 19.3 Å². The molecule has 1 saturated carbocycles. The SMILES string of the molecule is COc1cc(C(N)=S)ccc1NC(=O)CC1CC1. The molecule has 18 heavy (non-hydrogen) atoms. The second-order valence-electron chi connectivity index (χ2n) is 4.47. The summed E-state index contributed by atoms with van der Waals surface area (Å²) in [6.07, 6.45) is 2.90. The molecule has 0 saturated heterocycles. The summed E-state index contributed by atoms with van der Waals surface area (Å²) in [6, 6.07) is 5.27. The number of methoxy groups -OCH3 is 1. The highest BCUT2D eigenvalue weighted by atomic mass is 32.1. The fourth-order valence-corrected chi connectivity index (χ4v) is 1.86. The zero-order chi connectivity index (χ0) is 13.1. The maximum atomic E-state index is 11.7. The summed E-state index contributed by atoms with van der Waals surface area (Å²) >= 11 is 4.90. The molecule has 0 radical (unpaired) electrons. The number of carbonyl (C=O) groups is 1. The third kappa shape index (κ3) is 3.20. The van der Waals surface area contributed by atoms with Gasteiger partial charge in [-0.15, -0.1) is 0 Å². The van der Waals surface area contributed by atoms with Crippen molar-refractivity contribution in [1.82, 2.24) is 0 Å². The van der Waals surface area contributed by atoms with E-state index in [-0.39, 0.29) is 5.91 Å². The van der Waals surface area contributed by atoms with Crippen molar-refractivity contribution in [2.24, 2.45) is 11.7 Å². The van der Waals surface area contributed by atoms with Crippen LogP contribution in [-0.4, -0.2) is 18.0 Å². The van der Waals surface area contributed by atoms with E-state index < -0.39 is 0 Å². The Morgan fingerprint density at radius 3 is 2.83 bits per heavy atom. The van der Waals surface area contributed by atoms with Crippen molar-refractivity contribution >= 4 is 28.8 Å². The van der Waals surface area contributed by atoms with Gasteiger partial charge < -0.3 is 15.8 Å². The van der Waals surface area contributed by atoms with E-state index in [1.165, 1.54) is 0 Å². The van der Waals surface area contributed by atoms with E-state index in [0.717, 1.165) is 18.4 Å². The Morgan fingerprint density at radius 1 is 1.56 bits per heavy atom. The van der Waals surface area contributed by atoms with Gasteiger partial charge in [-0.3, -0.25) is 4.79 Å². The minimum Gasteiger partial charge on any atom is -0.495 e. The summed E-state index contributed by atoms with van der Waals surface area (Å²) < 4.78 is 5.23. The lowest BCUT2D eigenvalue weighted by Gasteiger charge is -2.11. The summed E-state index contributed by atoms with van der Waals surface area (Å²) in [7, 11) is 1.55. The van der Waals surface area contributed by atoms with Crippen molar-refractivity contribution in [3.8, 4) is 5.75 Å². The molecule has 0 aromatic heterocycles. The molecule has 0 bridgehead atoms. The normalized spacial score (nSPS) is 14.1. The fourth-order valence-electron chi connectivity index (χ4n) is 1.73. The smallest absolute Gasteiger partial charge is 0.224 e. The van der Waals surface area contributed by atoms with E-state index in [2.05, 4.69) is 5.32 Å². The van der Waals surface area contributed by atoms with Crippen LogP contribution in [0.2, 0.25) is 0 Å². The average Bonchev–Trinajstić information content (AvgIpc) is 3.13. The zero-order valence-electron chi connectivity index (χ0n) is 10.2. The number of hydrogen-bond acceptors (Lipinski definition) is 3. The van der Waals surface area contributed by atoms with Crippen molar-refractivity contribution in [3.05, 3.63) is 23.8 Å². The van der Waals surface area contributed by atoms with Crippen LogP contribution in [0.5, 0.6) is 5.75 Å². The molecule has 1 aromatic rings. The summed E-state index contributed by atoms with van der Waals surface area (Å²) in [5, 5.41) is 2.85. The number of nitrogens with two attached hydrogens (primary N) is 1. The van der Waals surface area contributed by atoms with Crippen molar-refractivity contribution in [3.63, 3.8) is 0 Å². The van der Waals surface area contributed by atoms with Crippen LogP contribution in [0.3, 0.4) is 0 Å². The van der Waals surface area contributed by atoms with Crippen molar-refractivity contribution in [2.75, 3.05) is 12.4 Å². The van der Waals surface area contributed by atoms with Gasteiger partial charge in [0.2, 0.25) is 5.91 Å². The predicted molar refractivity (Wildman–Crippen MR) is 74.9 cm³/mol. The molecule has 0 unspecified atom stereocenters.